The van der Waals surface area contributed by atoms with Crippen LogP contribution in [0.25, 0.3) is 0 Å². The van der Waals surface area contributed by atoms with E-state index in [0.717, 1.165) is 51.6 Å². The standard InChI is InChI=1S/C19H39NO3/c1-5-9-10-11-13-17(21)16-20(14-7-3,15-8-4)18(12-6-2)19(22)23/h17-18,21H,5-16H2,1-4H3. The number of hydrogen-bond donors (Lipinski definition) is 1. The summed E-state index contributed by atoms with van der Waals surface area (Å²) >= 11 is 0. The van der Waals surface area contributed by atoms with Gasteiger partial charge in [-0.05, 0) is 19.3 Å². The Hall–Kier alpha value is -0.610. The Kier molecular flexibility index (Phi) is 12.4. The van der Waals surface area contributed by atoms with Gasteiger partial charge in [0.25, 0.3) is 0 Å². The number of aliphatic carboxylic acids is 1. The molecule has 2 atom stereocenters. The van der Waals surface area contributed by atoms with Gasteiger partial charge in [0.05, 0.1) is 19.1 Å². The number of unbranched alkanes of at least 4 members (excludes halogenated alkanes) is 3. The van der Waals surface area contributed by atoms with Crippen molar-refractivity contribution in [3.8, 4) is 0 Å². The Balaban J connectivity index is 5.04. The van der Waals surface area contributed by atoms with Crippen molar-refractivity contribution in [3.05, 3.63) is 0 Å². The Morgan fingerprint density at radius 1 is 0.913 bits per heavy atom. The van der Waals surface area contributed by atoms with E-state index in [0.29, 0.717) is 17.4 Å². The largest absolute Gasteiger partial charge is 0.544 e. The van der Waals surface area contributed by atoms with Crippen LogP contribution < -0.4 is 5.11 Å². The van der Waals surface area contributed by atoms with Crippen molar-refractivity contribution in [1.82, 2.24) is 0 Å². The molecule has 0 spiro atoms. The number of carboxylic acid groups (broad SMARTS) is 1. The van der Waals surface area contributed by atoms with E-state index >= 15 is 0 Å². The summed E-state index contributed by atoms with van der Waals surface area (Å²) in [7, 11) is 0. The number of carbonyl (C=O) groups is 1. The molecule has 1 N–H and O–H groups in total. The molecule has 0 fully saturated rings. The summed E-state index contributed by atoms with van der Waals surface area (Å²) in [6.45, 7) is 10.5. The van der Waals surface area contributed by atoms with Crippen LogP contribution in [-0.2, 0) is 4.79 Å². The quantitative estimate of drug-likeness (QED) is 0.371. The molecule has 4 nitrogen and oxygen atoms in total. The number of hydrogen-bond acceptors (Lipinski definition) is 3. The van der Waals surface area contributed by atoms with E-state index in [1.54, 1.807) is 0 Å². The maximum atomic E-state index is 11.8. The van der Waals surface area contributed by atoms with Crippen molar-refractivity contribution in [2.75, 3.05) is 19.6 Å². The molecule has 138 valence electrons. The average Bonchev–Trinajstić information content (AvgIpc) is 2.49. The van der Waals surface area contributed by atoms with Gasteiger partial charge < -0.3 is 19.5 Å². The Bertz CT molecular complexity index is 301. The van der Waals surface area contributed by atoms with E-state index in [9.17, 15) is 15.0 Å². The molecule has 0 heterocycles. The number of carbonyl (C=O) groups excluding carboxylic acids is 1. The van der Waals surface area contributed by atoms with E-state index in [1.165, 1.54) is 12.8 Å². The summed E-state index contributed by atoms with van der Waals surface area (Å²) < 4.78 is 0.484. The highest BCUT2D eigenvalue weighted by Crippen LogP contribution is 2.23. The second-order valence-electron chi connectivity index (χ2n) is 6.97. The van der Waals surface area contributed by atoms with Crippen molar-refractivity contribution < 1.29 is 19.5 Å². The van der Waals surface area contributed by atoms with Crippen molar-refractivity contribution in [2.45, 2.75) is 97.6 Å². The summed E-state index contributed by atoms with van der Waals surface area (Å²) in [6.07, 6.45) is 8.24. The fourth-order valence-electron chi connectivity index (χ4n) is 3.83. The molecule has 0 bridgehead atoms. The molecule has 0 saturated heterocycles. The van der Waals surface area contributed by atoms with E-state index < -0.39 is 18.1 Å². The van der Waals surface area contributed by atoms with E-state index in [2.05, 4.69) is 20.8 Å². The first-order valence-corrected chi connectivity index (χ1v) is 9.72. The maximum Gasteiger partial charge on any atom is 0.129 e. The fraction of sp³-hybridized carbons (Fsp3) is 0.947. The first-order chi connectivity index (χ1) is 11.0. The lowest BCUT2D eigenvalue weighted by atomic mass is 10.0. The number of quaternary nitrogens is 1. The van der Waals surface area contributed by atoms with Gasteiger partial charge in [0, 0.05) is 6.42 Å². The van der Waals surface area contributed by atoms with Crippen molar-refractivity contribution in [3.63, 3.8) is 0 Å². The zero-order chi connectivity index (χ0) is 17.7. The predicted molar refractivity (Wildman–Crippen MR) is 93.9 cm³/mol. The molecular formula is C19H39NO3. The zero-order valence-corrected chi connectivity index (χ0v) is 15.9. The van der Waals surface area contributed by atoms with Crippen molar-refractivity contribution in [2.24, 2.45) is 0 Å². The molecular weight excluding hydrogens is 290 g/mol. The highest BCUT2D eigenvalue weighted by molar-refractivity contribution is 5.69. The molecule has 0 rings (SSSR count). The number of aliphatic hydroxyl groups excluding tert-OH is 1. The summed E-state index contributed by atoms with van der Waals surface area (Å²) in [5, 5.41) is 22.3. The molecule has 0 aliphatic carbocycles. The monoisotopic (exact) mass is 329 g/mol. The van der Waals surface area contributed by atoms with Crippen LogP contribution in [0.4, 0.5) is 0 Å². The number of rotatable bonds is 15. The topological polar surface area (TPSA) is 60.4 Å². The third kappa shape index (κ3) is 8.16. The van der Waals surface area contributed by atoms with Crippen LogP contribution in [0.3, 0.4) is 0 Å². The van der Waals surface area contributed by atoms with Crippen LogP contribution in [0.5, 0.6) is 0 Å². The lowest BCUT2D eigenvalue weighted by Gasteiger charge is -2.46. The SMILES string of the molecule is CCCCCCC(O)C[N+](CCC)(CCC)C(CCC)C(=O)[O-]. The lowest BCUT2D eigenvalue weighted by molar-refractivity contribution is -0.948. The molecule has 4 heteroatoms. The normalized spacial score (nSPS) is 14.7. The summed E-state index contributed by atoms with van der Waals surface area (Å²) in [4.78, 5) is 11.8. The molecule has 0 aliphatic heterocycles. The summed E-state index contributed by atoms with van der Waals surface area (Å²) in [5.74, 6) is -0.952. The van der Waals surface area contributed by atoms with E-state index in [1.807, 2.05) is 6.92 Å². The Morgan fingerprint density at radius 3 is 1.96 bits per heavy atom. The number of carboxylic acids is 1. The molecule has 23 heavy (non-hydrogen) atoms. The molecule has 0 aromatic heterocycles. The van der Waals surface area contributed by atoms with E-state index in [-0.39, 0.29) is 0 Å². The lowest BCUT2D eigenvalue weighted by Crippen LogP contribution is -2.64. The Morgan fingerprint density at radius 2 is 1.52 bits per heavy atom. The first-order valence-electron chi connectivity index (χ1n) is 9.72. The van der Waals surface area contributed by atoms with Gasteiger partial charge in [-0.3, -0.25) is 0 Å². The summed E-state index contributed by atoms with van der Waals surface area (Å²) in [6, 6.07) is -0.495. The van der Waals surface area contributed by atoms with Gasteiger partial charge in [0.1, 0.15) is 18.7 Å². The van der Waals surface area contributed by atoms with Crippen LogP contribution in [-0.4, -0.2) is 47.3 Å². The zero-order valence-electron chi connectivity index (χ0n) is 15.9. The third-order valence-electron chi connectivity index (χ3n) is 4.80. The molecule has 0 saturated carbocycles. The van der Waals surface area contributed by atoms with Gasteiger partial charge in [-0.15, -0.1) is 0 Å². The van der Waals surface area contributed by atoms with Gasteiger partial charge in [0.2, 0.25) is 0 Å². The summed E-state index contributed by atoms with van der Waals surface area (Å²) in [5.41, 5.74) is 0. The Labute approximate surface area is 143 Å². The molecule has 0 aromatic carbocycles. The number of aliphatic hydroxyl groups is 1. The highest BCUT2D eigenvalue weighted by atomic mass is 16.4. The molecule has 0 amide bonds. The molecule has 0 aromatic rings. The predicted octanol–water partition coefficient (Wildman–Crippen LogP) is 2.87. The van der Waals surface area contributed by atoms with Crippen molar-refractivity contribution >= 4 is 5.97 Å². The minimum absolute atomic E-state index is 0.413. The van der Waals surface area contributed by atoms with Crippen LogP contribution in [0, 0.1) is 0 Å². The maximum absolute atomic E-state index is 11.8. The number of nitrogens with zero attached hydrogens (tertiary/aromatic N) is 1. The van der Waals surface area contributed by atoms with Gasteiger partial charge in [0.15, 0.2) is 0 Å². The van der Waals surface area contributed by atoms with Crippen molar-refractivity contribution in [1.29, 1.82) is 0 Å². The minimum Gasteiger partial charge on any atom is -0.544 e. The average molecular weight is 330 g/mol. The smallest absolute Gasteiger partial charge is 0.129 e. The molecule has 2 unspecified atom stereocenters. The van der Waals surface area contributed by atoms with Gasteiger partial charge in [-0.25, -0.2) is 0 Å². The van der Waals surface area contributed by atoms with E-state index in [4.69, 9.17) is 0 Å². The van der Waals surface area contributed by atoms with Crippen LogP contribution >= 0.6 is 0 Å². The highest BCUT2D eigenvalue weighted by Gasteiger charge is 2.37. The second-order valence-corrected chi connectivity index (χ2v) is 6.97. The van der Waals surface area contributed by atoms with Gasteiger partial charge in [-0.1, -0.05) is 59.8 Å². The molecule has 0 radical (unpaired) electrons. The first kappa shape index (κ1) is 22.4. The molecule has 0 aliphatic rings. The van der Waals surface area contributed by atoms with Gasteiger partial charge >= 0.3 is 0 Å². The van der Waals surface area contributed by atoms with Crippen LogP contribution in [0.1, 0.15) is 85.5 Å². The van der Waals surface area contributed by atoms with Gasteiger partial charge in [-0.2, -0.15) is 0 Å². The second kappa shape index (κ2) is 12.8. The minimum atomic E-state index is -0.952. The van der Waals surface area contributed by atoms with Crippen LogP contribution in [0.15, 0.2) is 0 Å². The van der Waals surface area contributed by atoms with Crippen LogP contribution in [0.2, 0.25) is 0 Å². The third-order valence-corrected chi connectivity index (χ3v) is 4.80. The fourth-order valence-corrected chi connectivity index (χ4v) is 3.83.